The number of hydrogen-bond acceptors (Lipinski definition) is 2. The fourth-order valence-corrected chi connectivity index (χ4v) is 2.66. The largest absolute Gasteiger partial charge is 0.379 e. The summed E-state index contributed by atoms with van der Waals surface area (Å²) < 4.78 is 32.0. The average molecular weight is 276 g/mol. The number of nitrogens with one attached hydrogen (secondary N) is 1. The van der Waals surface area contributed by atoms with Crippen LogP contribution in [0.15, 0.2) is 12.1 Å². The maximum absolute atomic E-state index is 13.7. The predicted octanol–water partition coefficient (Wildman–Crippen LogP) is 3.99. The molecule has 0 amide bonds. The summed E-state index contributed by atoms with van der Waals surface area (Å²) in [4.78, 5) is 0. The average Bonchev–Trinajstić information content (AvgIpc) is 2.34. The van der Waals surface area contributed by atoms with Gasteiger partial charge in [0.05, 0.1) is 22.9 Å². The van der Waals surface area contributed by atoms with Crippen LogP contribution < -0.4 is 5.32 Å². The monoisotopic (exact) mass is 275 g/mol. The Bertz CT molecular complexity index is 404. The molecule has 5 heteroatoms. The van der Waals surface area contributed by atoms with Gasteiger partial charge in [-0.25, -0.2) is 8.78 Å². The van der Waals surface area contributed by atoms with Gasteiger partial charge in [-0.1, -0.05) is 24.4 Å². The van der Waals surface area contributed by atoms with Crippen LogP contribution in [0, 0.1) is 11.6 Å². The number of hydrogen-bond donors (Lipinski definition) is 1. The Hall–Kier alpha value is -0.870. The molecule has 1 aromatic rings. The number of methoxy groups -OCH3 is 1. The van der Waals surface area contributed by atoms with Gasteiger partial charge in [0, 0.05) is 13.2 Å². The van der Waals surface area contributed by atoms with E-state index in [1.807, 2.05) is 0 Å². The summed E-state index contributed by atoms with van der Waals surface area (Å²) in [5, 5.41) is 3.11. The number of benzene rings is 1. The quantitative estimate of drug-likeness (QED) is 0.901. The lowest BCUT2D eigenvalue weighted by Crippen LogP contribution is -2.38. The molecule has 1 aliphatic rings. The summed E-state index contributed by atoms with van der Waals surface area (Å²) in [6.45, 7) is 0. The normalized spacial score (nSPS) is 24.0. The first-order valence-corrected chi connectivity index (χ1v) is 6.43. The highest BCUT2D eigenvalue weighted by Crippen LogP contribution is 2.30. The van der Waals surface area contributed by atoms with E-state index in [-0.39, 0.29) is 22.9 Å². The minimum Gasteiger partial charge on any atom is -0.379 e. The SMILES string of the molecule is COC1CCCCC1Nc1c(F)cc(F)cc1Cl. The standard InChI is InChI=1S/C13H16ClF2NO/c1-18-12-5-3-2-4-11(12)17-13-9(14)6-8(15)7-10(13)16/h6-7,11-12,17H,2-5H2,1H3. The highest BCUT2D eigenvalue weighted by Gasteiger charge is 2.26. The van der Waals surface area contributed by atoms with Gasteiger partial charge in [0.1, 0.15) is 5.82 Å². The van der Waals surface area contributed by atoms with Gasteiger partial charge < -0.3 is 10.1 Å². The summed E-state index contributed by atoms with van der Waals surface area (Å²) in [6, 6.07) is 1.96. The van der Waals surface area contributed by atoms with Crippen molar-refractivity contribution in [1.29, 1.82) is 0 Å². The third-order valence-corrected chi connectivity index (χ3v) is 3.64. The van der Waals surface area contributed by atoms with Crippen molar-refractivity contribution in [1.82, 2.24) is 0 Å². The molecule has 2 unspecified atom stereocenters. The van der Waals surface area contributed by atoms with Gasteiger partial charge in [0.25, 0.3) is 0 Å². The van der Waals surface area contributed by atoms with Crippen LogP contribution in [0.4, 0.5) is 14.5 Å². The van der Waals surface area contributed by atoms with E-state index in [9.17, 15) is 8.78 Å². The molecule has 0 bridgehead atoms. The first-order valence-electron chi connectivity index (χ1n) is 6.05. The fourth-order valence-electron chi connectivity index (χ4n) is 2.41. The van der Waals surface area contributed by atoms with Crippen molar-refractivity contribution in [2.45, 2.75) is 37.8 Å². The lowest BCUT2D eigenvalue weighted by Gasteiger charge is -2.32. The summed E-state index contributed by atoms with van der Waals surface area (Å²) >= 11 is 5.86. The summed E-state index contributed by atoms with van der Waals surface area (Å²) in [5.41, 5.74) is 0.159. The van der Waals surface area contributed by atoms with Crippen molar-refractivity contribution < 1.29 is 13.5 Å². The zero-order valence-corrected chi connectivity index (χ0v) is 10.9. The maximum atomic E-state index is 13.7. The van der Waals surface area contributed by atoms with Crippen LogP contribution in [-0.2, 0) is 4.74 Å². The lowest BCUT2D eigenvalue weighted by molar-refractivity contribution is 0.0605. The summed E-state index contributed by atoms with van der Waals surface area (Å²) in [5.74, 6) is -1.34. The maximum Gasteiger partial charge on any atom is 0.150 e. The van der Waals surface area contributed by atoms with Crippen LogP contribution in [0.1, 0.15) is 25.7 Å². The van der Waals surface area contributed by atoms with E-state index in [4.69, 9.17) is 16.3 Å². The molecule has 0 aromatic heterocycles. The highest BCUT2D eigenvalue weighted by atomic mass is 35.5. The number of anilines is 1. The van der Waals surface area contributed by atoms with E-state index in [2.05, 4.69) is 5.32 Å². The molecule has 1 aliphatic carbocycles. The third kappa shape index (κ3) is 2.93. The van der Waals surface area contributed by atoms with Crippen molar-refractivity contribution in [3.63, 3.8) is 0 Å². The number of halogens is 3. The first-order chi connectivity index (χ1) is 8.61. The van der Waals surface area contributed by atoms with Crippen LogP contribution >= 0.6 is 11.6 Å². The molecule has 1 fully saturated rings. The number of ether oxygens (including phenoxy) is 1. The molecular formula is C13H16ClF2NO. The lowest BCUT2D eigenvalue weighted by atomic mass is 9.92. The molecule has 1 aromatic carbocycles. The van der Waals surface area contributed by atoms with Crippen LogP contribution in [0.25, 0.3) is 0 Å². The Morgan fingerprint density at radius 1 is 1.28 bits per heavy atom. The van der Waals surface area contributed by atoms with Crippen LogP contribution in [-0.4, -0.2) is 19.3 Å². The van der Waals surface area contributed by atoms with Crippen molar-refractivity contribution in [3.8, 4) is 0 Å². The molecular weight excluding hydrogens is 260 g/mol. The summed E-state index contributed by atoms with van der Waals surface area (Å²) in [7, 11) is 1.65. The minimum atomic E-state index is -0.671. The summed E-state index contributed by atoms with van der Waals surface area (Å²) in [6.07, 6.45) is 4.05. The molecule has 2 rings (SSSR count). The van der Waals surface area contributed by atoms with E-state index in [1.165, 1.54) is 0 Å². The molecule has 0 radical (unpaired) electrons. The third-order valence-electron chi connectivity index (χ3n) is 3.34. The smallest absolute Gasteiger partial charge is 0.150 e. The van der Waals surface area contributed by atoms with Gasteiger partial charge in [-0.05, 0) is 18.9 Å². The van der Waals surface area contributed by atoms with Crippen LogP contribution in [0.2, 0.25) is 5.02 Å². The van der Waals surface area contributed by atoms with Crippen molar-refractivity contribution >= 4 is 17.3 Å². The molecule has 0 spiro atoms. The molecule has 2 atom stereocenters. The Balaban J connectivity index is 2.17. The fraction of sp³-hybridized carbons (Fsp3) is 0.538. The second-order valence-electron chi connectivity index (χ2n) is 4.55. The van der Waals surface area contributed by atoms with Crippen molar-refractivity contribution in [2.24, 2.45) is 0 Å². The van der Waals surface area contributed by atoms with Crippen LogP contribution in [0.5, 0.6) is 0 Å². The van der Waals surface area contributed by atoms with Gasteiger partial charge >= 0.3 is 0 Å². The Kier molecular flexibility index (Phi) is 4.40. The van der Waals surface area contributed by atoms with Crippen molar-refractivity contribution in [3.05, 3.63) is 28.8 Å². The zero-order valence-electron chi connectivity index (χ0n) is 10.2. The van der Waals surface area contributed by atoms with Gasteiger partial charge in [-0.2, -0.15) is 0 Å². The van der Waals surface area contributed by atoms with E-state index in [1.54, 1.807) is 7.11 Å². The topological polar surface area (TPSA) is 21.3 Å². The molecule has 0 aliphatic heterocycles. The molecule has 2 nitrogen and oxygen atoms in total. The second-order valence-corrected chi connectivity index (χ2v) is 4.96. The van der Waals surface area contributed by atoms with Gasteiger partial charge in [0.2, 0.25) is 0 Å². The Labute approximate surface area is 110 Å². The molecule has 1 N–H and O–H groups in total. The first kappa shape index (κ1) is 13.6. The zero-order chi connectivity index (χ0) is 13.1. The van der Waals surface area contributed by atoms with Gasteiger partial charge in [-0.3, -0.25) is 0 Å². The Morgan fingerprint density at radius 3 is 2.67 bits per heavy atom. The molecule has 18 heavy (non-hydrogen) atoms. The number of rotatable bonds is 3. The van der Waals surface area contributed by atoms with E-state index in [0.717, 1.165) is 37.8 Å². The molecule has 1 saturated carbocycles. The highest BCUT2D eigenvalue weighted by molar-refractivity contribution is 6.33. The molecule has 100 valence electrons. The Morgan fingerprint density at radius 2 is 2.00 bits per heavy atom. The predicted molar refractivity (Wildman–Crippen MR) is 68.0 cm³/mol. The van der Waals surface area contributed by atoms with Crippen LogP contribution in [0.3, 0.4) is 0 Å². The van der Waals surface area contributed by atoms with Gasteiger partial charge in [0.15, 0.2) is 5.82 Å². The second kappa shape index (κ2) is 5.85. The minimum absolute atomic E-state index is 0.0150. The van der Waals surface area contributed by atoms with E-state index in [0.29, 0.717) is 0 Å². The molecule has 0 saturated heterocycles. The van der Waals surface area contributed by atoms with Crippen molar-refractivity contribution in [2.75, 3.05) is 12.4 Å². The van der Waals surface area contributed by atoms with E-state index < -0.39 is 11.6 Å². The van der Waals surface area contributed by atoms with Gasteiger partial charge in [-0.15, -0.1) is 0 Å². The van der Waals surface area contributed by atoms with E-state index >= 15 is 0 Å². The molecule has 0 heterocycles.